The molecule has 0 radical (unpaired) electrons. The minimum Gasteiger partial charge on any atom is -0.436 e. The Morgan fingerprint density at radius 1 is 1.35 bits per heavy atom. The van der Waals surface area contributed by atoms with Crippen molar-refractivity contribution >= 4 is 28.0 Å². The van der Waals surface area contributed by atoms with E-state index in [1.54, 1.807) is 6.92 Å². The van der Waals surface area contributed by atoms with Crippen LogP contribution in [0.4, 0.5) is 0 Å². The molecule has 0 spiro atoms. The minimum absolute atomic E-state index is 0.261. The smallest absolute Gasteiger partial charge is 0.311 e. The third-order valence-corrected chi connectivity index (χ3v) is 6.09. The third-order valence-electron chi connectivity index (χ3n) is 3.21. The van der Waals surface area contributed by atoms with Crippen molar-refractivity contribution in [2.75, 3.05) is 31.9 Å². The topological polar surface area (TPSA) is 101 Å². The van der Waals surface area contributed by atoms with Crippen molar-refractivity contribution < 1.29 is 36.9 Å². The van der Waals surface area contributed by atoms with Crippen LogP contribution < -0.4 is 0 Å². The summed E-state index contributed by atoms with van der Waals surface area (Å²) in [5, 5.41) is 3.83. The van der Waals surface area contributed by atoms with Crippen LogP contribution in [-0.2, 0) is 38.6 Å². The second-order valence-electron chi connectivity index (χ2n) is 4.78. The van der Waals surface area contributed by atoms with Crippen LogP contribution in [-0.4, -0.2) is 56.9 Å². The first-order valence-corrected chi connectivity index (χ1v) is 9.71. The van der Waals surface area contributed by atoms with Crippen LogP contribution in [0.1, 0.15) is 26.7 Å². The van der Waals surface area contributed by atoms with Crippen molar-refractivity contribution in [2.45, 2.75) is 33.0 Å². The van der Waals surface area contributed by atoms with Crippen LogP contribution in [0.3, 0.4) is 0 Å². The van der Waals surface area contributed by atoms with Gasteiger partial charge in [0.05, 0.1) is 25.1 Å². The van der Waals surface area contributed by atoms with E-state index in [1.165, 1.54) is 11.4 Å². The molecule has 0 bridgehead atoms. The SMILES string of the molecule is CCOC(C)OC(=O)C1CCN(S(=O)(=O)CSOOOC)CC1. The first-order chi connectivity index (χ1) is 10.9. The van der Waals surface area contributed by atoms with Gasteiger partial charge in [0.2, 0.25) is 10.0 Å². The maximum Gasteiger partial charge on any atom is 0.311 e. The molecule has 0 aromatic rings. The zero-order valence-electron chi connectivity index (χ0n) is 13.4. The van der Waals surface area contributed by atoms with Crippen LogP contribution in [0.2, 0.25) is 0 Å². The predicted molar refractivity (Wildman–Crippen MR) is 82.0 cm³/mol. The van der Waals surface area contributed by atoms with Crippen molar-refractivity contribution in [3.63, 3.8) is 0 Å². The summed E-state index contributed by atoms with van der Waals surface area (Å²) in [7, 11) is -2.24. The van der Waals surface area contributed by atoms with Crippen LogP contribution in [0.5, 0.6) is 0 Å². The van der Waals surface area contributed by atoms with Gasteiger partial charge in [-0.15, -0.1) is 4.33 Å². The van der Waals surface area contributed by atoms with Gasteiger partial charge in [-0.1, -0.05) is 5.04 Å². The summed E-state index contributed by atoms with van der Waals surface area (Å²) < 4.78 is 40.2. The van der Waals surface area contributed by atoms with Crippen LogP contribution in [0.25, 0.3) is 0 Å². The molecule has 1 heterocycles. The van der Waals surface area contributed by atoms with Gasteiger partial charge in [0, 0.05) is 19.7 Å². The number of hydrogen-bond donors (Lipinski definition) is 0. The summed E-state index contributed by atoms with van der Waals surface area (Å²) >= 11 is 0.614. The molecule has 11 heteroatoms. The highest BCUT2D eigenvalue weighted by Gasteiger charge is 2.32. The Kier molecular flexibility index (Phi) is 9.36. The highest BCUT2D eigenvalue weighted by molar-refractivity contribution is 8.08. The van der Waals surface area contributed by atoms with Gasteiger partial charge in [0.1, 0.15) is 5.08 Å². The van der Waals surface area contributed by atoms with Gasteiger partial charge < -0.3 is 9.47 Å². The van der Waals surface area contributed by atoms with Gasteiger partial charge in [0.25, 0.3) is 0 Å². The highest BCUT2D eigenvalue weighted by Crippen LogP contribution is 2.23. The number of piperidine rings is 1. The lowest BCUT2D eigenvalue weighted by atomic mass is 9.98. The lowest BCUT2D eigenvalue weighted by Gasteiger charge is -2.30. The fourth-order valence-electron chi connectivity index (χ4n) is 2.10. The minimum atomic E-state index is -3.49. The summed E-state index contributed by atoms with van der Waals surface area (Å²) in [6, 6.07) is 0. The molecule has 1 aliphatic heterocycles. The van der Waals surface area contributed by atoms with Gasteiger partial charge in [-0.05, 0) is 26.7 Å². The first-order valence-electron chi connectivity index (χ1n) is 7.19. The second-order valence-corrected chi connectivity index (χ2v) is 7.78. The zero-order chi connectivity index (χ0) is 17.3. The molecule has 1 fully saturated rings. The summed E-state index contributed by atoms with van der Waals surface area (Å²) in [6.07, 6.45) is 0.233. The van der Waals surface area contributed by atoms with Crippen molar-refractivity contribution in [1.29, 1.82) is 0 Å². The molecular weight excluding hydrogens is 350 g/mol. The van der Waals surface area contributed by atoms with E-state index in [-0.39, 0.29) is 30.1 Å². The van der Waals surface area contributed by atoms with Crippen LogP contribution >= 0.6 is 12.0 Å². The summed E-state index contributed by atoms with van der Waals surface area (Å²) in [5.74, 6) is -0.667. The average Bonchev–Trinajstić information content (AvgIpc) is 2.52. The molecule has 1 saturated heterocycles. The molecule has 1 unspecified atom stereocenters. The van der Waals surface area contributed by atoms with Gasteiger partial charge >= 0.3 is 5.97 Å². The summed E-state index contributed by atoms with van der Waals surface area (Å²) in [5.41, 5.74) is 0. The Morgan fingerprint density at radius 2 is 2.00 bits per heavy atom. The standard InChI is InChI=1S/C12H23NO8S2/c1-4-18-10(2)19-12(14)11-5-7-13(8-6-11)23(15,16)9-22-21-20-17-3/h10-11H,4-9H2,1-3H3. The van der Waals surface area contributed by atoms with E-state index in [4.69, 9.17) is 9.47 Å². The molecule has 0 aromatic heterocycles. The second kappa shape index (κ2) is 10.4. The maximum absolute atomic E-state index is 12.1. The Balaban J connectivity index is 2.37. The summed E-state index contributed by atoms with van der Waals surface area (Å²) in [4.78, 5) is 16.1. The fourth-order valence-corrected chi connectivity index (χ4v) is 4.20. The van der Waals surface area contributed by atoms with Crippen molar-refractivity contribution in [1.82, 2.24) is 4.31 Å². The molecule has 0 N–H and O–H groups in total. The molecule has 23 heavy (non-hydrogen) atoms. The number of nitrogens with zero attached hydrogens (tertiary/aromatic N) is 1. The first kappa shape index (κ1) is 20.6. The van der Waals surface area contributed by atoms with E-state index in [2.05, 4.69) is 14.3 Å². The van der Waals surface area contributed by atoms with E-state index in [1.807, 2.05) is 6.92 Å². The van der Waals surface area contributed by atoms with Gasteiger partial charge in [0.15, 0.2) is 6.29 Å². The Bertz CT molecular complexity index is 450. The quantitative estimate of drug-likeness (QED) is 0.139. The van der Waals surface area contributed by atoms with Gasteiger partial charge in [-0.3, -0.25) is 4.79 Å². The van der Waals surface area contributed by atoms with Gasteiger partial charge in [-0.2, -0.15) is 0 Å². The lowest BCUT2D eigenvalue weighted by molar-refractivity contribution is -0.447. The van der Waals surface area contributed by atoms with E-state index >= 15 is 0 Å². The number of ether oxygens (including phenoxy) is 2. The molecule has 1 atom stereocenters. The van der Waals surface area contributed by atoms with Crippen molar-refractivity contribution in [2.24, 2.45) is 5.92 Å². The van der Waals surface area contributed by atoms with Crippen molar-refractivity contribution in [3.8, 4) is 0 Å². The Hall–Kier alpha value is -0.430. The maximum atomic E-state index is 12.1. The number of sulfonamides is 1. The van der Waals surface area contributed by atoms with Gasteiger partial charge in [-0.25, -0.2) is 17.6 Å². The molecule has 0 saturated carbocycles. The lowest BCUT2D eigenvalue weighted by Crippen LogP contribution is -2.41. The fraction of sp³-hybridized carbons (Fsp3) is 0.917. The molecule has 136 valence electrons. The third kappa shape index (κ3) is 7.33. The normalized spacial score (nSPS) is 18.7. The molecule has 0 aromatic carbocycles. The number of carbonyl (C=O) groups is 1. The highest BCUT2D eigenvalue weighted by atomic mass is 32.3. The molecular formula is C12H23NO8S2. The number of esters is 1. The van der Waals surface area contributed by atoms with Crippen LogP contribution in [0.15, 0.2) is 0 Å². The molecule has 1 aliphatic rings. The summed E-state index contributed by atoms with van der Waals surface area (Å²) in [6.45, 7) is 4.44. The Labute approximate surface area is 140 Å². The predicted octanol–water partition coefficient (Wildman–Crippen LogP) is 1.07. The average molecular weight is 373 g/mol. The number of carbonyl (C=O) groups excluding carboxylic acids is 1. The van der Waals surface area contributed by atoms with Crippen molar-refractivity contribution in [3.05, 3.63) is 0 Å². The van der Waals surface area contributed by atoms with E-state index in [0.29, 0.717) is 31.5 Å². The molecule has 9 nitrogen and oxygen atoms in total. The molecule has 0 amide bonds. The molecule has 1 rings (SSSR count). The van der Waals surface area contributed by atoms with E-state index < -0.39 is 16.3 Å². The molecule has 0 aliphatic carbocycles. The van der Waals surface area contributed by atoms with Crippen LogP contribution in [0, 0.1) is 5.92 Å². The monoisotopic (exact) mass is 373 g/mol. The zero-order valence-corrected chi connectivity index (χ0v) is 15.1. The van der Waals surface area contributed by atoms with E-state index in [9.17, 15) is 13.2 Å². The Morgan fingerprint density at radius 3 is 2.57 bits per heavy atom. The van der Waals surface area contributed by atoms with E-state index in [0.717, 1.165) is 0 Å². The largest absolute Gasteiger partial charge is 0.436 e. The number of rotatable bonds is 10. The number of hydrogen-bond acceptors (Lipinski definition) is 9.